The normalized spacial score (nSPS) is 12.6. The third kappa shape index (κ3) is 15.3. The second kappa shape index (κ2) is 22.3. The van der Waals surface area contributed by atoms with Gasteiger partial charge in [0.1, 0.15) is 13.2 Å². The van der Waals surface area contributed by atoms with Gasteiger partial charge in [-0.25, -0.2) is 4.79 Å². The zero-order chi connectivity index (χ0) is 32.7. The lowest BCUT2D eigenvalue weighted by Gasteiger charge is -2.22. The Hall–Kier alpha value is -4.28. The van der Waals surface area contributed by atoms with E-state index in [0.29, 0.717) is 12.8 Å². The average molecular weight is 623 g/mol. The van der Waals surface area contributed by atoms with Gasteiger partial charge in [0.2, 0.25) is 11.8 Å². The molecule has 2 aromatic rings. The maximum atomic E-state index is 13.3. The summed E-state index contributed by atoms with van der Waals surface area (Å²) in [7, 11) is 0. The lowest BCUT2D eigenvalue weighted by atomic mass is 9.94. The summed E-state index contributed by atoms with van der Waals surface area (Å²) >= 11 is 0. The van der Waals surface area contributed by atoms with Crippen LogP contribution in [0.3, 0.4) is 0 Å². The van der Waals surface area contributed by atoms with E-state index in [1.807, 2.05) is 48.5 Å². The average Bonchev–Trinajstić information content (AvgIpc) is 3.05. The minimum Gasteiger partial charge on any atom is -0.463 e. The zero-order valence-electron chi connectivity index (χ0n) is 25.9. The first-order valence-corrected chi connectivity index (χ1v) is 15.3. The highest BCUT2D eigenvalue weighted by atomic mass is 16.6. The van der Waals surface area contributed by atoms with Crippen molar-refractivity contribution >= 4 is 23.8 Å². The fraction of sp³-hybridized carbons (Fsp3) is 0.429. The van der Waals surface area contributed by atoms with Crippen molar-refractivity contribution in [2.45, 2.75) is 51.2 Å². The third-order valence-electron chi connectivity index (χ3n) is 6.89. The smallest absolute Gasteiger partial charge is 0.332 e. The van der Waals surface area contributed by atoms with Crippen molar-refractivity contribution in [2.24, 2.45) is 11.8 Å². The summed E-state index contributed by atoms with van der Waals surface area (Å²) in [6.07, 6.45) is 5.85. The van der Waals surface area contributed by atoms with Gasteiger partial charge in [-0.1, -0.05) is 72.8 Å². The topological polar surface area (TPSA) is 140 Å². The fourth-order valence-corrected chi connectivity index (χ4v) is 4.49. The van der Waals surface area contributed by atoms with Crippen molar-refractivity contribution in [3.63, 3.8) is 0 Å². The highest BCUT2D eigenvalue weighted by Gasteiger charge is 2.30. The molecular formula is C35H46N2O8. The Balaban J connectivity index is 2.11. The molecule has 0 aliphatic carbocycles. The van der Waals surface area contributed by atoms with Crippen LogP contribution in [0, 0.1) is 11.8 Å². The van der Waals surface area contributed by atoms with Crippen LogP contribution >= 0.6 is 0 Å². The van der Waals surface area contributed by atoms with Crippen molar-refractivity contribution < 1.29 is 38.5 Å². The molecule has 0 unspecified atom stereocenters. The lowest BCUT2D eigenvalue weighted by Crippen LogP contribution is -2.48. The maximum Gasteiger partial charge on any atom is 0.332 e. The summed E-state index contributed by atoms with van der Waals surface area (Å²) in [5.74, 6) is -3.50. The van der Waals surface area contributed by atoms with E-state index < -0.39 is 42.3 Å². The number of carbonyl (C=O) groups is 4. The molecule has 0 aromatic heterocycles. The standard InChI is InChI=1S/C35H46N2O8/c1-3-5-8-18-30(23-27-14-9-6-10-15-27)34(41)45-26-31(35(42)44-25-28-16-11-7-12-17-28)37-33(40)29(13-4-2)24-32(39)36-19-21-43-22-20-38/h3-4,6-7,9-12,14-17,29-31,38H,1-2,5,8,13,18-26H2,(H,36,39)(H,37,40)/t29-,30-,31-/m1/s1. The Labute approximate surface area is 265 Å². The molecule has 2 aromatic carbocycles. The Kier molecular flexibility index (Phi) is 18.3. The predicted molar refractivity (Wildman–Crippen MR) is 171 cm³/mol. The second-order valence-electron chi connectivity index (χ2n) is 10.5. The van der Waals surface area contributed by atoms with Gasteiger partial charge in [0.15, 0.2) is 6.04 Å². The molecule has 0 aliphatic rings. The summed E-state index contributed by atoms with van der Waals surface area (Å²) < 4.78 is 16.2. The molecule has 2 rings (SSSR count). The van der Waals surface area contributed by atoms with Crippen LogP contribution < -0.4 is 10.6 Å². The Bertz CT molecular complexity index is 1190. The monoisotopic (exact) mass is 622 g/mol. The van der Waals surface area contributed by atoms with Gasteiger partial charge in [-0.3, -0.25) is 14.4 Å². The molecule has 0 radical (unpaired) electrons. The van der Waals surface area contributed by atoms with Crippen molar-refractivity contribution in [2.75, 3.05) is 33.0 Å². The van der Waals surface area contributed by atoms with Crippen LogP contribution in [0.15, 0.2) is 86.0 Å². The van der Waals surface area contributed by atoms with Gasteiger partial charge in [-0.05, 0) is 43.2 Å². The number of aliphatic hydroxyl groups excluding tert-OH is 1. The summed E-state index contributed by atoms with van der Waals surface area (Å²) in [6.45, 7) is 7.43. The molecular weight excluding hydrogens is 576 g/mol. The molecule has 3 atom stereocenters. The van der Waals surface area contributed by atoms with Crippen molar-refractivity contribution in [1.29, 1.82) is 0 Å². The van der Waals surface area contributed by atoms with E-state index in [1.165, 1.54) is 6.08 Å². The molecule has 0 fully saturated rings. The molecule has 0 spiro atoms. The van der Waals surface area contributed by atoms with Crippen LogP contribution in [0.2, 0.25) is 0 Å². The number of ether oxygens (including phenoxy) is 3. The van der Waals surface area contributed by atoms with E-state index in [4.69, 9.17) is 19.3 Å². The first-order chi connectivity index (χ1) is 21.9. The van der Waals surface area contributed by atoms with Gasteiger partial charge in [0, 0.05) is 13.0 Å². The molecule has 0 aliphatic heterocycles. The van der Waals surface area contributed by atoms with Gasteiger partial charge < -0.3 is 30.0 Å². The number of hydrogen-bond donors (Lipinski definition) is 3. The van der Waals surface area contributed by atoms with Crippen LogP contribution in [0.5, 0.6) is 0 Å². The molecule has 10 heteroatoms. The highest BCUT2D eigenvalue weighted by Crippen LogP contribution is 2.18. The fourth-order valence-electron chi connectivity index (χ4n) is 4.49. The quantitative estimate of drug-likeness (QED) is 0.0969. The van der Waals surface area contributed by atoms with Gasteiger partial charge in [0.05, 0.1) is 31.7 Å². The number of benzene rings is 2. The van der Waals surface area contributed by atoms with E-state index >= 15 is 0 Å². The SMILES string of the molecule is C=CCCC[C@H](Cc1ccccc1)C(=O)OC[C@@H](NC(=O)[C@H](CC=C)CC(=O)NCCOCCO)C(=O)OCc1ccccc1. The third-order valence-corrected chi connectivity index (χ3v) is 6.89. The number of nitrogens with one attached hydrogen (secondary N) is 2. The van der Waals surface area contributed by atoms with E-state index in [0.717, 1.165) is 24.0 Å². The summed E-state index contributed by atoms with van der Waals surface area (Å²) in [5.41, 5.74) is 1.73. The van der Waals surface area contributed by atoms with Crippen molar-refractivity contribution in [1.82, 2.24) is 10.6 Å². The number of hydrogen-bond acceptors (Lipinski definition) is 8. The predicted octanol–water partition coefficient (Wildman–Crippen LogP) is 3.68. The van der Waals surface area contributed by atoms with Crippen molar-refractivity contribution in [3.05, 3.63) is 97.1 Å². The minimum absolute atomic E-state index is 0.0327. The number of unbranched alkanes of at least 4 members (excludes halogenated alkanes) is 1. The summed E-state index contributed by atoms with van der Waals surface area (Å²) in [5, 5.41) is 14.1. The molecule has 45 heavy (non-hydrogen) atoms. The van der Waals surface area contributed by atoms with E-state index in [1.54, 1.807) is 18.2 Å². The number of esters is 2. The number of carbonyl (C=O) groups excluding carboxylic acids is 4. The Morgan fingerprint density at radius 1 is 0.844 bits per heavy atom. The highest BCUT2D eigenvalue weighted by molar-refractivity contribution is 5.89. The first-order valence-electron chi connectivity index (χ1n) is 15.3. The molecule has 3 N–H and O–H groups in total. The summed E-state index contributed by atoms with van der Waals surface area (Å²) in [4.78, 5) is 52.3. The van der Waals surface area contributed by atoms with Crippen LogP contribution in [0.25, 0.3) is 0 Å². The van der Waals surface area contributed by atoms with E-state index in [-0.39, 0.29) is 51.7 Å². The molecule has 2 amide bonds. The molecule has 10 nitrogen and oxygen atoms in total. The number of allylic oxidation sites excluding steroid dienone is 2. The molecule has 0 bridgehead atoms. The van der Waals surface area contributed by atoms with E-state index in [9.17, 15) is 19.2 Å². The summed E-state index contributed by atoms with van der Waals surface area (Å²) in [6, 6.07) is 17.4. The van der Waals surface area contributed by atoms with Gasteiger partial charge in [0.25, 0.3) is 0 Å². The molecule has 0 saturated carbocycles. The minimum atomic E-state index is -1.29. The molecule has 0 heterocycles. The van der Waals surface area contributed by atoms with Gasteiger partial charge in [-0.15, -0.1) is 13.2 Å². The van der Waals surface area contributed by atoms with Crippen LogP contribution in [-0.2, 0) is 46.4 Å². The zero-order valence-corrected chi connectivity index (χ0v) is 25.9. The number of aliphatic hydroxyl groups is 1. The van der Waals surface area contributed by atoms with Crippen LogP contribution in [0.4, 0.5) is 0 Å². The van der Waals surface area contributed by atoms with E-state index in [2.05, 4.69) is 23.8 Å². The van der Waals surface area contributed by atoms with Crippen LogP contribution in [0.1, 0.15) is 43.2 Å². The number of amides is 2. The Morgan fingerprint density at radius 3 is 2.18 bits per heavy atom. The lowest BCUT2D eigenvalue weighted by molar-refractivity contribution is -0.157. The number of rotatable bonds is 23. The first kappa shape index (κ1) is 36.9. The maximum absolute atomic E-state index is 13.3. The molecule has 0 saturated heterocycles. The van der Waals surface area contributed by atoms with Gasteiger partial charge >= 0.3 is 11.9 Å². The van der Waals surface area contributed by atoms with Gasteiger partial charge in [-0.2, -0.15) is 0 Å². The van der Waals surface area contributed by atoms with Crippen molar-refractivity contribution in [3.8, 4) is 0 Å². The van der Waals surface area contributed by atoms with Crippen LogP contribution in [-0.4, -0.2) is 67.9 Å². The second-order valence-corrected chi connectivity index (χ2v) is 10.5. The largest absolute Gasteiger partial charge is 0.463 e. The molecule has 244 valence electrons. The Morgan fingerprint density at radius 2 is 1.53 bits per heavy atom.